The highest BCUT2D eigenvalue weighted by molar-refractivity contribution is 5.70. The maximum Gasteiger partial charge on any atom is 0.306 e. The SMILES string of the molecule is CC/C=C/C/C=C/C/C=C/C/C=C/C/C=C/C/C=C/CCC(=O)OC[C@@H](CO[C@@H]1O[C@H](CO[C@@H]2O[C@H](CO)[C@H](O)C(O)C2O)[C@H](O)C(O)C1O)OC(=O)CCCCCCCCCCC. The predicted molar refractivity (Wildman–Crippen MR) is 242 cm³/mol. The fraction of sp³-hybridized carbons (Fsp3) is 0.714. The van der Waals surface area contributed by atoms with Crippen LogP contribution in [0.15, 0.2) is 72.9 Å². The van der Waals surface area contributed by atoms with E-state index in [0.29, 0.717) is 12.8 Å². The molecule has 0 spiro atoms. The lowest BCUT2D eigenvalue weighted by Crippen LogP contribution is -2.61. The van der Waals surface area contributed by atoms with Crippen LogP contribution in [0.25, 0.3) is 0 Å². The first-order valence-electron chi connectivity index (χ1n) is 23.5. The highest BCUT2D eigenvalue weighted by Gasteiger charge is 2.47. The molecular formula is C49H80O15. The summed E-state index contributed by atoms with van der Waals surface area (Å²) in [5, 5.41) is 71.8. The highest BCUT2D eigenvalue weighted by atomic mass is 16.7. The first-order chi connectivity index (χ1) is 31.0. The minimum absolute atomic E-state index is 0.0901. The molecule has 64 heavy (non-hydrogen) atoms. The van der Waals surface area contributed by atoms with E-state index >= 15 is 0 Å². The lowest BCUT2D eigenvalue weighted by atomic mass is 9.98. The predicted octanol–water partition coefficient (Wildman–Crippen LogP) is 5.48. The minimum Gasteiger partial charge on any atom is -0.462 e. The van der Waals surface area contributed by atoms with E-state index in [0.717, 1.165) is 64.2 Å². The summed E-state index contributed by atoms with van der Waals surface area (Å²) >= 11 is 0. The summed E-state index contributed by atoms with van der Waals surface area (Å²) in [6.07, 6.45) is 24.0. The molecule has 0 aromatic carbocycles. The molecule has 11 atom stereocenters. The van der Waals surface area contributed by atoms with Crippen LogP contribution in [0, 0.1) is 0 Å². The van der Waals surface area contributed by atoms with Gasteiger partial charge in [-0.15, -0.1) is 0 Å². The summed E-state index contributed by atoms with van der Waals surface area (Å²) in [6.45, 7) is 2.33. The molecular weight excluding hydrogens is 829 g/mol. The van der Waals surface area contributed by atoms with Crippen LogP contribution in [-0.4, -0.2) is 142 Å². The number of esters is 2. The van der Waals surface area contributed by atoms with Crippen LogP contribution < -0.4 is 0 Å². The second-order valence-electron chi connectivity index (χ2n) is 16.2. The number of rotatable bonds is 34. The smallest absolute Gasteiger partial charge is 0.306 e. The Balaban J connectivity index is 1.85. The molecule has 7 N–H and O–H groups in total. The first-order valence-corrected chi connectivity index (χ1v) is 23.5. The van der Waals surface area contributed by atoms with Crippen LogP contribution in [0.4, 0.5) is 0 Å². The molecule has 2 heterocycles. The number of hydrogen-bond acceptors (Lipinski definition) is 15. The van der Waals surface area contributed by atoms with Crippen molar-refractivity contribution in [3.63, 3.8) is 0 Å². The average Bonchev–Trinajstić information content (AvgIpc) is 3.29. The van der Waals surface area contributed by atoms with E-state index < -0.39 is 99.3 Å². The molecule has 2 aliphatic heterocycles. The van der Waals surface area contributed by atoms with Crippen molar-refractivity contribution in [3.8, 4) is 0 Å². The lowest BCUT2D eigenvalue weighted by Gasteiger charge is -2.42. The van der Waals surface area contributed by atoms with E-state index in [9.17, 15) is 45.3 Å². The van der Waals surface area contributed by atoms with Crippen LogP contribution in [0.3, 0.4) is 0 Å². The third-order valence-corrected chi connectivity index (χ3v) is 10.7. The fourth-order valence-corrected chi connectivity index (χ4v) is 6.83. The molecule has 15 heteroatoms. The summed E-state index contributed by atoms with van der Waals surface area (Å²) in [7, 11) is 0. The van der Waals surface area contributed by atoms with Gasteiger partial charge in [0.1, 0.15) is 55.4 Å². The lowest BCUT2D eigenvalue weighted by molar-refractivity contribution is -0.332. The zero-order valence-electron chi connectivity index (χ0n) is 38.2. The van der Waals surface area contributed by atoms with Crippen molar-refractivity contribution in [2.75, 3.05) is 26.4 Å². The van der Waals surface area contributed by atoms with Crippen molar-refractivity contribution in [2.24, 2.45) is 0 Å². The molecule has 15 nitrogen and oxygen atoms in total. The van der Waals surface area contributed by atoms with E-state index in [1.54, 1.807) is 0 Å². The molecule has 2 fully saturated rings. The van der Waals surface area contributed by atoms with Gasteiger partial charge in [-0.3, -0.25) is 9.59 Å². The number of carbonyl (C=O) groups excluding carboxylic acids is 2. The topological polar surface area (TPSA) is 231 Å². The summed E-state index contributed by atoms with van der Waals surface area (Å²) in [5.74, 6) is -1.03. The number of hydrogen-bond donors (Lipinski definition) is 7. The largest absolute Gasteiger partial charge is 0.462 e. The first kappa shape index (κ1) is 57.1. The van der Waals surface area contributed by atoms with E-state index in [-0.39, 0.29) is 19.4 Å². The van der Waals surface area contributed by atoms with Crippen LogP contribution in [0.1, 0.15) is 129 Å². The van der Waals surface area contributed by atoms with Gasteiger partial charge in [0.25, 0.3) is 0 Å². The van der Waals surface area contributed by atoms with E-state index in [1.807, 2.05) is 12.2 Å². The molecule has 0 radical (unpaired) electrons. The monoisotopic (exact) mass is 909 g/mol. The van der Waals surface area contributed by atoms with Gasteiger partial charge < -0.3 is 64.2 Å². The van der Waals surface area contributed by atoms with E-state index in [2.05, 4.69) is 74.6 Å². The molecule has 0 aromatic heterocycles. The molecule has 0 saturated carbocycles. The normalized spacial score (nSPS) is 27.3. The Kier molecular flexibility index (Phi) is 32.2. The van der Waals surface area contributed by atoms with Crippen LogP contribution >= 0.6 is 0 Å². The number of ether oxygens (including phenoxy) is 6. The zero-order valence-corrected chi connectivity index (χ0v) is 38.2. The Bertz CT molecular complexity index is 1390. The Labute approximate surface area is 381 Å². The van der Waals surface area contributed by atoms with Gasteiger partial charge in [-0.25, -0.2) is 0 Å². The molecule has 2 aliphatic rings. The molecule has 0 amide bonds. The molecule has 2 rings (SSSR count). The molecule has 2 saturated heterocycles. The Hall–Kier alpha value is -3.06. The second kappa shape index (κ2) is 36.1. The molecule has 0 aromatic rings. The summed E-state index contributed by atoms with van der Waals surface area (Å²) in [5.41, 5.74) is 0. The maximum absolute atomic E-state index is 12.9. The Morgan fingerprint density at radius 3 is 1.52 bits per heavy atom. The van der Waals surface area contributed by atoms with Gasteiger partial charge in [0, 0.05) is 12.8 Å². The molecule has 366 valence electrons. The van der Waals surface area contributed by atoms with E-state index in [4.69, 9.17) is 28.4 Å². The van der Waals surface area contributed by atoms with Crippen molar-refractivity contribution in [2.45, 2.75) is 197 Å². The van der Waals surface area contributed by atoms with Crippen molar-refractivity contribution in [1.29, 1.82) is 0 Å². The maximum atomic E-state index is 12.9. The van der Waals surface area contributed by atoms with Gasteiger partial charge in [-0.1, -0.05) is 138 Å². The van der Waals surface area contributed by atoms with Crippen LogP contribution in [-0.2, 0) is 38.0 Å². The Morgan fingerprint density at radius 2 is 0.984 bits per heavy atom. The molecule has 0 bridgehead atoms. The van der Waals surface area contributed by atoms with Gasteiger partial charge in [-0.2, -0.15) is 0 Å². The zero-order chi connectivity index (χ0) is 46.8. The van der Waals surface area contributed by atoms with Crippen molar-refractivity contribution in [1.82, 2.24) is 0 Å². The summed E-state index contributed by atoms with van der Waals surface area (Å²) in [4.78, 5) is 25.6. The summed E-state index contributed by atoms with van der Waals surface area (Å²) < 4.78 is 33.3. The highest BCUT2D eigenvalue weighted by Crippen LogP contribution is 2.26. The number of aliphatic hydroxyl groups is 7. The number of allylic oxidation sites excluding steroid dienone is 12. The van der Waals surface area contributed by atoms with E-state index in [1.165, 1.54) is 25.7 Å². The standard InChI is InChI=1S/C49H80O15/c1-3-5-7-9-11-13-14-15-16-17-18-19-20-21-22-24-25-27-29-31-40(51)59-34-37(62-41(52)32-30-28-26-23-12-10-8-6-4-2)35-60-48-47(58)45(56)43(54)39(64-48)36-61-49-46(57)44(55)42(53)38(33-50)63-49/h5,7,11,13,15-16,18-19,21-22,25,27,37-39,42-50,53-58H,3-4,6,8-10,12,14,17,20,23-24,26,28-36H2,1-2H3/b7-5+,13-11+,16-15+,19-18+,22-21+,27-25+/t37-,38+,39+,42-,43-,44?,45?,46?,47?,48+,49+/m0/s1. The van der Waals surface area contributed by atoms with Crippen molar-refractivity contribution in [3.05, 3.63) is 72.9 Å². The minimum atomic E-state index is -1.78. The molecule has 0 aliphatic carbocycles. The molecule has 4 unspecified atom stereocenters. The van der Waals surface area contributed by atoms with Crippen molar-refractivity contribution < 1.29 is 73.8 Å². The van der Waals surface area contributed by atoms with Crippen LogP contribution in [0.2, 0.25) is 0 Å². The summed E-state index contributed by atoms with van der Waals surface area (Å²) in [6, 6.07) is 0. The fourth-order valence-electron chi connectivity index (χ4n) is 6.83. The third-order valence-electron chi connectivity index (χ3n) is 10.7. The van der Waals surface area contributed by atoms with Gasteiger partial charge in [-0.05, 0) is 51.4 Å². The van der Waals surface area contributed by atoms with Gasteiger partial charge in [0.2, 0.25) is 0 Å². The quantitative estimate of drug-likeness (QED) is 0.0241. The van der Waals surface area contributed by atoms with Gasteiger partial charge >= 0.3 is 11.9 Å². The number of carbonyl (C=O) groups is 2. The van der Waals surface area contributed by atoms with Crippen molar-refractivity contribution >= 4 is 11.9 Å². The number of unbranched alkanes of at least 4 members (excludes halogenated alkanes) is 8. The Morgan fingerprint density at radius 1 is 0.516 bits per heavy atom. The van der Waals surface area contributed by atoms with Crippen LogP contribution in [0.5, 0.6) is 0 Å². The van der Waals surface area contributed by atoms with Gasteiger partial charge in [0.05, 0.1) is 19.8 Å². The third kappa shape index (κ3) is 24.5. The van der Waals surface area contributed by atoms with Gasteiger partial charge in [0.15, 0.2) is 18.7 Å². The second-order valence-corrected chi connectivity index (χ2v) is 16.2. The average molecular weight is 909 g/mol. The number of aliphatic hydroxyl groups excluding tert-OH is 7.